The Hall–Kier alpha value is -2.56. The van der Waals surface area contributed by atoms with Gasteiger partial charge in [0, 0.05) is 26.2 Å². The molecule has 4 nitrogen and oxygen atoms in total. The van der Waals surface area contributed by atoms with Gasteiger partial charge in [0.05, 0.1) is 5.69 Å². The van der Waals surface area contributed by atoms with Crippen LogP contribution in [0.4, 0.5) is 10.1 Å². The highest BCUT2D eigenvalue weighted by Crippen LogP contribution is 2.22. The van der Waals surface area contributed by atoms with Crippen LogP contribution >= 0.6 is 0 Å². The number of piperazine rings is 1. The summed E-state index contributed by atoms with van der Waals surface area (Å²) >= 11 is 0. The molecule has 2 aromatic carbocycles. The second-order valence-electron chi connectivity index (χ2n) is 7.10. The standard InChI is InChI=1S/C22H27FN2O2/c1-4-21(27-18-14-16(2)13-17(3)15-18)22(26)25-11-9-24(10-12-25)20-8-6-5-7-19(20)23/h5-8,13-15,21H,4,9-12H2,1-3H3/t21-/m1/s1. The van der Waals surface area contributed by atoms with E-state index in [1.165, 1.54) is 6.07 Å². The number of aryl methyl sites for hydroxylation is 2. The van der Waals surface area contributed by atoms with Crippen LogP contribution in [0.2, 0.25) is 0 Å². The average molecular weight is 370 g/mol. The Balaban J connectivity index is 1.62. The molecule has 1 aliphatic heterocycles. The lowest BCUT2D eigenvalue weighted by Crippen LogP contribution is -2.52. The van der Waals surface area contributed by atoms with Crippen LogP contribution in [-0.2, 0) is 4.79 Å². The lowest BCUT2D eigenvalue weighted by atomic mass is 10.1. The van der Waals surface area contributed by atoms with Crippen LogP contribution in [0.5, 0.6) is 5.75 Å². The number of benzene rings is 2. The van der Waals surface area contributed by atoms with E-state index < -0.39 is 6.10 Å². The van der Waals surface area contributed by atoms with Gasteiger partial charge in [-0.25, -0.2) is 4.39 Å². The fraction of sp³-hybridized carbons (Fsp3) is 0.409. The number of para-hydroxylation sites is 1. The predicted octanol–water partition coefficient (Wildman–Crippen LogP) is 3.95. The molecule has 5 heteroatoms. The molecule has 1 aliphatic rings. The molecule has 2 aromatic rings. The summed E-state index contributed by atoms with van der Waals surface area (Å²) in [6.45, 7) is 8.37. The highest BCUT2D eigenvalue weighted by Gasteiger charge is 2.28. The lowest BCUT2D eigenvalue weighted by Gasteiger charge is -2.37. The quantitative estimate of drug-likeness (QED) is 0.799. The summed E-state index contributed by atoms with van der Waals surface area (Å²) in [6.07, 6.45) is 0.116. The molecule has 1 atom stereocenters. The molecule has 1 amide bonds. The molecule has 0 bridgehead atoms. The van der Waals surface area contributed by atoms with E-state index in [2.05, 4.69) is 6.07 Å². The number of hydrogen-bond donors (Lipinski definition) is 0. The van der Waals surface area contributed by atoms with Gasteiger partial charge in [-0.05, 0) is 55.7 Å². The maximum atomic E-state index is 14.0. The molecule has 0 radical (unpaired) electrons. The van der Waals surface area contributed by atoms with Gasteiger partial charge in [-0.1, -0.05) is 25.1 Å². The summed E-state index contributed by atoms with van der Waals surface area (Å²) in [5, 5.41) is 0. The molecule has 0 unspecified atom stereocenters. The number of amides is 1. The van der Waals surface area contributed by atoms with E-state index in [0.717, 1.165) is 16.9 Å². The minimum atomic E-state index is -0.494. The lowest BCUT2D eigenvalue weighted by molar-refractivity contribution is -0.139. The van der Waals surface area contributed by atoms with E-state index in [-0.39, 0.29) is 11.7 Å². The SMILES string of the molecule is CC[C@@H](Oc1cc(C)cc(C)c1)C(=O)N1CCN(c2ccccc2F)CC1. The van der Waals surface area contributed by atoms with Crippen molar-refractivity contribution in [3.05, 3.63) is 59.4 Å². The second-order valence-corrected chi connectivity index (χ2v) is 7.10. The van der Waals surface area contributed by atoms with Gasteiger partial charge in [0.15, 0.2) is 6.10 Å². The number of anilines is 1. The summed E-state index contributed by atoms with van der Waals surface area (Å²) in [6, 6.07) is 12.8. The number of carbonyl (C=O) groups excluding carboxylic acids is 1. The van der Waals surface area contributed by atoms with Crippen molar-refractivity contribution in [3.8, 4) is 5.75 Å². The van der Waals surface area contributed by atoms with Crippen molar-refractivity contribution in [2.24, 2.45) is 0 Å². The number of rotatable bonds is 5. The molecule has 0 saturated carbocycles. The first-order valence-electron chi connectivity index (χ1n) is 9.51. The van der Waals surface area contributed by atoms with Gasteiger partial charge in [-0.2, -0.15) is 0 Å². The van der Waals surface area contributed by atoms with Gasteiger partial charge >= 0.3 is 0 Å². The molecule has 1 saturated heterocycles. The van der Waals surface area contributed by atoms with Crippen LogP contribution in [0, 0.1) is 19.7 Å². The van der Waals surface area contributed by atoms with Crippen LogP contribution in [0.1, 0.15) is 24.5 Å². The second kappa shape index (κ2) is 8.42. The monoisotopic (exact) mass is 370 g/mol. The molecule has 1 fully saturated rings. The molecule has 1 heterocycles. The Morgan fingerprint density at radius 2 is 1.70 bits per heavy atom. The van der Waals surface area contributed by atoms with E-state index in [4.69, 9.17) is 4.74 Å². The highest BCUT2D eigenvalue weighted by molar-refractivity contribution is 5.81. The average Bonchev–Trinajstić information content (AvgIpc) is 2.65. The van der Waals surface area contributed by atoms with Crippen molar-refractivity contribution >= 4 is 11.6 Å². The van der Waals surface area contributed by atoms with E-state index in [0.29, 0.717) is 38.3 Å². The minimum absolute atomic E-state index is 0.00448. The van der Waals surface area contributed by atoms with Crippen LogP contribution in [0.15, 0.2) is 42.5 Å². The Kier molecular flexibility index (Phi) is 5.99. The Morgan fingerprint density at radius 1 is 1.07 bits per heavy atom. The summed E-state index contributed by atoms with van der Waals surface area (Å²) < 4.78 is 20.0. The molecule has 0 spiro atoms. The zero-order valence-electron chi connectivity index (χ0n) is 16.2. The first kappa shape index (κ1) is 19.2. The smallest absolute Gasteiger partial charge is 0.263 e. The first-order valence-corrected chi connectivity index (χ1v) is 9.51. The number of hydrogen-bond acceptors (Lipinski definition) is 3. The third-order valence-electron chi connectivity index (χ3n) is 4.90. The van der Waals surface area contributed by atoms with E-state index in [9.17, 15) is 9.18 Å². The number of ether oxygens (including phenoxy) is 1. The zero-order valence-corrected chi connectivity index (χ0v) is 16.2. The summed E-state index contributed by atoms with van der Waals surface area (Å²) in [5.41, 5.74) is 2.83. The normalized spacial score (nSPS) is 15.6. The van der Waals surface area contributed by atoms with Crippen LogP contribution in [0.3, 0.4) is 0 Å². The summed E-state index contributed by atoms with van der Waals surface area (Å²) in [7, 11) is 0. The Labute approximate surface area is 160 Å². The maximum Gasteiger partial charge on any atom is 0.263 e. The predicted molar refractivity (Wildman–Crippen MR) is 106 cm³/mol. The van der Waals surface area contributed by atoms with E-state index in [1.807, 2.05) is 48.8 Å². The molecule has 3 rings (SSSR count). The van der Waals surface area contributed by atoms with Crippen molar-refractivity contribution in [3.63, 3.8) is 0 Å². The third kappa shape index (κ3) is 4.59. The van der Waals surface area contributed by atoms with Crippen LogP contribution < -0.4 is 9.64 Å². The minimum Gasteiger partial charge on any atom is -0.481 e. The summed E-state index contributed by atoms with van der Waals surface area (Å²) in [5.74, 6) is 0.518. The Morgan fingerprint density at radius 3 is 2.30 bits per heavy atom. The van der Waals surface area contributed by atoms with Crippen LogP contribution in [0.25, 0.3) is 0 Å². The van der Waals surface area contributed by atoms with E-state index >= 15 is 0 Å². The number of nitrogens with zero attached hydrogens (tertiary/aromatic N) is 2. The van der Waals surface area contributed by atoms with Crippen molar-refractivity contribution < 1.29 is 13.9 Å². The molecule has 0 N–H and O–H groups in total. The fourth-order valence-corrected chi connectivity index (χ4v) is 3.55. The molecule has 27 heavy (non-hydrogen) atoms. The van der Waals surface area contributed by atoms with Crippen molar-refractivity contribution in [1.29, 1.82) is 0 Å². The van der Waals surface area contributed by atoms with E-state index in [1.54, 1.807) is 12.1 Å². The molecule has 0 aliphatic carbocycles. The van der Waals surface area contributed by atoms with Crippen molar-refractivity contribution in [1.82, 2.24) is 4.90 Å². The van der Waals surface area contributed by atoms with Gasteiger partial charge < -0.3 is 14.5 Å². The van der Waals surface area contributed by atoms with Gasteiger partial charge in [-0.3, -0.25) is 4.79 Å². The molecule has 0 aromatic heterocycles. The highest BCUT2D eigenvalue weighted by atomic mass is 19.1. The maximum absolute atomic E-state index is 14.0. The first-order chi connectivity index (χ1) is 13.0. The fourth-order valence-electron chi connectivity index (χ4n) is 3.55. The Bertz CT molecular complexity index is 780. The van der Waals surface area contributed by atoms with Crippen molar-refractivity contribution in [2.45, 2.75) is 33.3 Å². The van der Waals surface area contributed by atoms with Gasteiger partial charge in [0.1, 0.15) is 11.6 Å². The van der Waals surface area contributed by atoms with Gasteiger partial charge in [0.25, 0.3) is 5.91 Å². The topological polar surface area (TPSA) is 32.8 Å². The molecule has 144 valence electrons. The molecular formula is C22H27FN2O2. The van der Waals surface area contributed by atoms with Gasteiger partial charge in [0.2, 0.25) is 0 Å². The third-order valence-corrected chi connectivity index (χ3v) is 4.90. The number of carbonyl (C=O) groups is 1. The largest absolute Gasteiger partial charge is 0.481 e. The van der Waals surface area contributed by atoms with Crippen molar-refractivity contribution in [2.75, 3.05) is 31.1 Å². The number of halogens is 1. The van der Waals surface area contributed by atoms with Gasteiger partial charge in [-0.15, -0.1) is 0 Å². The molecular weight excluding hydrogens is 343 g/mol. The van der Waals surface area contributed by atoms with Crippen LogP contribution in [-0.4, -0.2) is 43.1 Å². The zero-order chi connectivity index (χ0) is 19.4. The summed E-state index contributed by atoms with van der Waals surface area (Å²) in [4.78, 5) is 16.7.